The number of primary amides is 1. The number of benzene rings is 3. The molecule has 0 saturated heterocycles. The van der Waals surface area contributed by atoms with E-state index in [-0.39, 0.29) is 0 Å². The number of carbonyl (C=O) groups excluding carboxylic acids is 1. The Morgan fingerprint density at radius 3 is 2.04 bits per heavy atom. The minimum absolute atomic E-state index is 0.424. The smallest absolute Gasteiger partial charge is 0.248 e. The van der Waals surface area contributed by atoms with Gasteiger partial charge in [-0.25, -0.2) is 0 Å². The Hall–Kier alpha value is -3.53. The van der Waals surface area contributed by atoms with Gasteiger partial charge >= 0.3 is 0 Å². The number of ether oxygens (including phenoxy) is 2. The number of rotatable bonds is 5. The second-order valence-corrected chi connectivity index (χ2v) is 6.72. The van der Waals surface area contributed by atoms with Crippen LogP contribution in [0, 0.1) is 0 Å². The molecule has 4 nitrogen and oxygen atoms in total. The van der Waals surface area contributed by atoms with Gasteiger partial charge in [0.05, 0.1) is 14.2 Å². The van der Waals surface area contributed by atoms with Gasteiger partial charge in [0.2, 0.25) is 5.91 Å². The van der Waals surface area contributed by atoms with Crippen molar-refractivity contribution in [2.24, 2.45) is 5.73 Å². The Morgan fingerprint density at radius 1 is 0.821 bits per heavy atom. The molecule has 2 N–H and O–H groups in total. The maximum absolute atomic E-state index is 11.4. The van der Waals surface area contributed by atoms with Crippen LogP contribution < -0.4 is 15.2 Å². The molecule has 4 heteroatoms. The number of amides is 1. The van der Waals surface area contributed by atoms with Crippen LogP contribution in [0.15, 0.2) is 66.7 Å². The van der Waals surface area contributed by atoms with Gasteiger partial charge in [-0.15, -0.1) is 0 Å². The van der Waals surface area contributed by atoms with Crippen molar-refractivity contribution in [2.45, 2.75) is 6.42 Å². The molecule has 1 aliphatic rings. The SMILES string of the molecule is COc1ccc(C2=C(c3ccc(C(N)=O)cc3)c3ccc(OC)cc3C2)cc1. The van der Waals surface area contributed by atoms with Crippen molar-refractivity contribution in [3.05, 3.63) is 94.5 Å². The zero-order chi connectivity index (χ0) is 19.7. The first-order chi connectivity index (χ1) is 13.6. The molecule has 0 fully saturated rings. The van der Waals surface area contributed by atoms with Gasteiger partial charge in [-0.3, -0.25) is 4.79 Å². The van der Waals surface area contributed by atoms with E-state index in [1.54, 1.807) is 26.4 Å². The van der Waals surface area contributed by atoms with E-state index in [2.05, 4.69) is 24.3 Å². The highest BCUT2D eigenvalue weighted by molar-refractivity contribution is 6.04. The normalized spacial score (nSPS) is 12.6. The molecule has 28 heavy (non-hydrogen) atoms. The highest BCUT2D eigenvalue weighted by atomic mass is 16.5. The van der Waals surface area contributed by atoms with Gasteiger partial charge in [-0.2, -0.15) is 0 Å². The molecule has 0 bridgehead atoms. The molecule has 0 heterocycles. The van der Waals surface area contributed by atoms with Crippen LogP contribution in [0.25, 0.3) is 11.1 Å². The van der Waals surface area contributed by atoms with Crippen LogP contribution in [0.5, 0.6) is 11.5 Å². The first-order valence-corrected chi connectivity index (χ1v) is 9.06. The van der Waals surface area contributed by atoms with Crippen LogP contribution in [-0.2, 0) is 6.42 Å². The van der Waals surface area contributed by atoms with E-state index in [4.69, 9.17) is 15.2 Å². The first kappa shape index (κ1) is 17.9. The lowest BCUT2D eigenvalue weighted by atomic mass is 9.94. The summed E-state index contributed by atoms with van der Waals surface area (Å²) >= 11 is 0. The molecule has 0 unspecified atom stereocenters. The monoisotopic (exact) mass is 371 g/mol. The molecule has 0 saturated carbocycles. The number of carbonyl (C=O) groups is 1. The van der Waals surface area contributed by atoms with Crippen molar-refractivity contribution in [1.82, 2.24) is 0 Å². The highest BCUT2D eigenvalue weighted by Crippen LogP contribution is 2.43. The van der Waals surface area contributed by atoms with Gasteiger partial charge in [0.1, 0.15) is 11.5 Å². The van der Waals surface area contributed by atoms with E-state index in [0.717, 1.165) is 29.0 Å². The molecule has 0 radical (unpaired) electrons. The molecule has 1 amide bonds. The van der Waals surface area contributed by atoms with E-state index in [1.807, 2.05) is 30.3 Å². The molecule has 0 atom stereocenters. The minimum Gasteiger partial charge on any atom is -0.497 e. The lowest BCUT2D eigenvalue weighted by molar-refractivity contribution is 0.100. The summed E-state index contributed by atoms with van der Waals surface area (Å²) < 4.78 is 10.7. The lowest BCUT2D eigenvalue weighted by Gasteiger charge is -2.11. The second kappa shape index (κ2) is 7.24. The molecule has 3 aromatic rings. The standard InChI is InChI=1S/C24H21NO3/c1-27-19-9-7-15(8-10-19)22-14-18-13-20(28-2)11-12-21(18)23(22)16-3-5-17(6-4-16)24(25)26/h3-13H,14H2,1-2H3,(H2,25,26). The van der Waals surface area contributed by atoms with Gasteiger partial charge < -0.3 is 15.2 Å². The Balaban J connectivity index is 1.86. The average Bonchev–Trinajstić information content (AvgIpc) is 3.12. The lowest BCUT2D eigenvalue weighted by Crippen LogP contribution is -2.10. The number of methoxy groups -OCH3 is 2. The Kier molecular flexibility index (Phi) is 4.62. The third-order valence-corrected chi connectivity index (χ3v) is 5.15. The number of hydrogen-bond acceptors (Lipinski definition) is 3. The summed E-state index contributed by atoms with van der Waals surface area (Å²) in [7, 11) is 3.34. The second-order valence-electron chi connectivity index (χ2n) is 6.72. The number of allylic oxidation sites excluding steroid dienone is 1. The molecular weight excluding hydrogens is 350 g/mol. The number of hydrogen-bond donors (Lipinski definition) is 1. The fraction of sp³-hybridized carbons (Fsp3) is 0.125. The Labute approximate surface area is 164 Å². The van der Waals surface area contributed by atoms with E-state index in [0.29, 0.717) is 5.56 Å². The summed E-state index contributed by atoms with van der Waals surface area (Å²) in [4.78, 5) is 11.4. The van der Waals surface area contributed by atoms with Crippen LogP contribution in [-0.4, -0.2) is 20.1 Å². The molecule has 3 aromatic carbocycles. The van der Waals surface area contributed by atoms with Gasteiger partial charge in [0, 0.05) is 5.56 Å². The van der Waals surface area contributed by atoms with Crippen LogP contribution in [0.2, 0.25) is 0 Å². The third kappa shape index (κ3) is 3.14. The molecule has 140 valence electrons. The minimum atomic E-state index is -0.424. The molecule has 0 spiro atoms. The fourth-order valence-electron chi connectivity index (χ4n) is 3.70. The Morgan fingerprint density at radius 2 is 1.43 bits per heavy atom. The maximum Gasteiger partial charge on any atom is 0.248 e. The summed E-state index contributed by atoms with van der Waals surface area (Å²) in [5.74, 6) is 1.25. The fourth-order valence-corrected chi connectivity index (χ4v) is 3.70. The van der Waals surface area contributed by atoms with E-state index in [1.165, 1.54) is 22.3 Å². The molecule has 0 aromatic heterocycles. The van der Waals surface area contributed by atoms with Crippen molar-refractivity contribution in [3.63, 3.8) is 0 Å². The number of nitrogens with two attached hydrogens (primary N) is 1. The molecular formula is C24H21NO3. The molecule has 4 rings (SSSR count). The van der Waals surface area contributed by atoms with Crippen LogP contribution >= 0.6 is 0 Å². The largest absolute Gasteiger partial charge is 0.497 e. The molecule has 1 aliphatic carbocycles. The zero-order valence-corrected chi connectivity index (χ0v) is 15.9. The van der Waals surface area contributed by atoms with Gasteiger partial charge in [-0.05, 0) is 76.2 Å². The topological polar surface area (TPSA) is 61.5 Å². The predicted molar refractivity (Wildman–Crippen MR) is 111 cm³/mol. The maximum atomic E-state index is 11.4. The van der Waals surface area contributed by atoms with Crippen molar-refractivity contribution in [1.29, 1.82) is 0 Å². The highest BCUT2D eigenvalue weighted by Gasteiger charge is 2.24. The van der Waals surface area contributed by atoms with Crippen molar-refractivity contribution in [3.8, 4) is 11.5 Å². The average molecular weight is 371 g/mol. The van der Waals surface area contributed by atoms with Crippen molar-refractivity contribution < 1.29 is 14.3 Å². The zero-order valence-electron chi connectivity index (χ0n) is 15.9. The van der Waals surface area contributed by atoms with Crippen molar-refractivity contribution in [2.75, 3.05) is 14.2 Å². The summed E-state index contributed by atoms with van der Waals surface area (Å²) in [6.07, 6.45) is 0.811. The van der Waals surface area contributed by atoms with Gasteiger partial charge in [0.25, 0.3) is 0 Å². The first-order valence-electron chi connectivity index (χ1n) is 9.06. The third-order valence-electron chi connectivity index (χ3n) is 5.15. The number of fused-ring (bicyclic) bond motifs is 1. The van der Waals surface area contributed by atoms with Crippen LogP contribution in [0.1, 0.15) is 32.6 Å². The van der Waals surface area contributed by atoms with E-state index >= 15 is 0 Å². The summed E-state index contributed by atoms with van der Waals surface area (Å²) in [6, 6.07) is 21.7. The predicted octanol–water partition coefficient (Wildman–Crippen LogP) is 4.32. The van der Waals surface area contributed by atoms with Crippen molar-refractivity contribution >= 4 is 17.1 Å². The Bertz CT molecular complexity index is 1060. The van der Waals surface area contributed by atoms with Crippen LogP contribution in [0.3, 0.4) is 0 Å². The van der Waals surface area contributed by atoms with E-state index in [9.17, 15) is 4.79 Å². The van der Waals surface area contributed by atoms with Gasteiger partial charge in [0.15, 0.2) is 0 Å². The van der Waals surface area contributed by atoms with E-state index < -0.39 is 5.91 Å². The van der Waals surface area contributed by atoms with Gasteiger partial charge in [-0.1, -0.05) is 30.3 Å². The summed E-state index contributed by atoms with van der Waals surface area (Å²) in [5.41, 5.74) is 12.9. The molecule has 0 aliphatic heterocycles. The van der Waals surface area contributed by atoms with Crippen LogP contribution in [0.4, 0.5) is 0 Å². The quantitative estimate of drug-likeness (QED) is 0.727. The summed E-state index contributed by atoms with van der Waals surface area (Å²) in [6.45, 7) is 0. The summed E-state index contributed by atoms with van der Waals surface area (Å²) in [5, 5.41) is 0.